The van der Waals surface area contributed by atoms with E-state index < -0.39 is 9.84 Å². The molecule has 1 aliphatic rings. The molecule has 0 amide bonds. The molecule has 8 heteroatoms. The Morgan fingerprint density at radius 2 is 1.87 bits per heavy atom. The van der Waals surface area contributed by atoms with Crippen molar-refractivity contribution in [3.05, 3.63) is 36.3 Å². The van der Waals surface area contributed by atoms with Crippen LogP contribution in [0.5, 0.6) is 0 Å². The third-order valence-corrected chi connectivity index (χ3v) is 4.27. The minimum atomic E-state index is -3.17. The molecule has 0 unspecified atom stereocenters. The van der Waals surface area contributed by atoms with E-state index in [-0.39, 0.29) is 5.75 Å². The number of ether oxygens (including phenoxy) is 1. The molecular weight excluding hydrogens is 316 g/mol. The minimum Gasteiger partial charge on any atom is -0.378 e. The van der Waals surface area contributed by atoms with E-state index in [4.69, 9.17) is 4.74 Å². The normalized spacial score (nSPS) is 15.6. The molecule has 23 heavy (non-hydrogen) atoms. The van der Waals surface area contributed by atoms with Gasteiger partial charge in [0, 0.05) is 43.4 Å². The third kappa shape index (κ3) is 4.23. The van der Waals surface area contributed by atoms with Gasteiger partial charge < -0.3 is 9.64 Å². The summed E-state index contributed by atoms with van der Waals surface area (Å²) in [6, 6.07) is 5.36. The van der Waals surface area contributed by atoms with Crippen LogP contribution >= 0.6 is 0 Å². The lowest BCUT2D eigenvalue weighted by Gasteiger charge is -2.28. The van der Waals surface area contributed by atoms with Crippen molar-refractivity contribution in [1.29, 1.82) is 0 Å². The zero-order valence-electron chi connectivity index (χ0n) is 12.8. The molecule has 1 fully saturated rings. The summed E-state index contributed by atoms with van der Waals surface area (Å²) in [7, 11) is -3.17. The van der Waals surface area contributed by atoms with Gasteiger partial charge in [-0.25, -0.2) is 18.4 Å². The standard InChI is InChI=1S/C15H18N4O3S/c1-23(20,21)11-13-10-14(19-6-8-22-9-7-19)18-15(17-13)12-2-4-16-5-3-12/h2-5,10H,6-9,11H2,1H3. The van der Waals surface area contributed by atoms with Gasteiger partial charge in [-0.05, 0) is 12.1 Å². The molecule has 0 aliphatic carbocycles. The number of hydrogen-bond donors (Lipinski definition) is 0. The fourth-order valence-electron chi connectivity index (χ4n) is 2.41. The Hall–Kier alpha value is -2.06. The first kappa shape index (κ1) is 15.8. The predicted octanol–water partition coefficient (Wildman–Crippen LogP) is 0.920. The quantitative estimate of drug-likeness (QED) is 0.822. The smallest absolute Gasteiger partial charge is 0.161 e. The maximum Gasteiger partial charge on any atom is 0.161 e. The number of rotatable bonds is 4. The summed E-state index contributed by atoms with van der Waals surface area (Å²) in [5.74, 6) is 1.13. The zero-order chi connectivity index (χ0) is 16.3. The van der Waals surface area contributed by atoms with Crippen LogP contribution in [0.2, 0.25) is 0 Å². The van der Waals surface area contributed by atoms with Crippen molar-refractivity contribution in [2.24, 2.45) is 0 Å². The summed E-state index contributed by atoms with van der Waals surface area (Å²) in [6.07, 6.45) is 4.53. The zero-order valence-corrected chi connectivity index (χ0v) is 13.7. The van der Waals surface area contributed by atoms with Gasteiger partial charge in [0.15, 0.2) is 15.7 Å². The van der Waals surface area contributed by atoms with E-state index in [0.29, 0.717) is 24.7 Å². The molecule has 7 nitrogen and oxygen atoms in total. The van der Waals surface area contributed by atoms with Crippen LogP contribution in [0, 0.1) is 0 Å². The Labute approximate surface area is 135 Å². The van der Waals surface area contributed by atoms with Crippen molar-refractivity contribution < 1.29 is 13.2 Å². The summed E-state index contributed by atoms with van der Waals surface area (Å²) in [4.78, 5) is 15.1. The lowest BCUT2D eigenvalue weighted by molar-refractivity contribution is 0.122. The Kier molecular flexibility index (Phi) is 4.53. The lowest BCUT2D eigenvalue weighted by atomic mass is 10.2. The number of aromatic nitrogens is 3. The fraction of sp³-hybridized carbons (Fsp3) is 0.400. The highest BCUT2D eigenvalue weighted by molar-refractivity contribution is 7.89. The molecule has 2 aromatic heterocycles. The second-order valence-electron chi connectivity index (χ2n) is 5.45. The van der Waals surface area contributed by atoms with Gasteiger partial charge in [-0.15, -0.1) is 0 Å². The number of sulfone groups is 1. The maximum atomic E-state index is 11.6. The molecule has 1 saturated heterocycles. The summed E-state index contributed by atoms with van der Waals surface area (Å²) >= 11 is 0. The van der Waals surface area contributed by atoms with Gasteiger partial charge in [0.2, 0.25) is 0 Å². The second-order valence-corrected chi connectivity index (χ2v) is 7.59. The molecule has 0 spiro atoms. The van der Waals surface area contributed by atoms with Gasteiger partial charge in [0.05, 0.1) is 24.7 Å². The van der Waals surface area contributed by atoms with Crippen molar-refractivity contribution in [2.75, 3.05) is 37.5 Å². The van der Waals surface area contributed by atoms with Crippen LogP contribution < -0.4 is 4.90 Å². The molecule has 0 atom stereocenters. The molecule has 2 aromatic rings. The van der Waals surface area contributed by atoms with Crippen LogP contribution in [0.1, 0.15) is 5.69 Å². The number of morpholine rings is 1. The molecule has 0 bridgehead atoms. The van der Waals surface area contributed by atoms with Crippen molar-refractivity contribution in [3.63, 3.8) is 0 Å². The van der Waals surface area contributed by atoms with Gasteiger partial charge in [-0.2, -0.15) is 0 Å². The largest absolute Gasteiger partial charge is 0.378 e. The van der Waals surface area contributed by atoms with Gasteiger partial charge in [-0.3, -0.25) is 4.98 Å². The average Bonchev–Trinajstić information content (AvgIpc) is 2.55. The number of hydrogen-bond acceptors (Lipinski definition) is 7. The van der Waals surface area contributed by atoms with Crippen molar-refractivity contribution >= 4 is 15.7 Å². The van der Waals surface area contributed by atoms with Crippen LogP contribution in [0.25, 0.3) is 11.4 Å². The number of pyridine rings is 1. The van der Waals surface area contributed by atoms with E-state index in [0.717, 1.165) is 24.5 Å². The Morgan fingerprint density at radius 3 is 2.52 bits per heavy atom. The van der Waals surface area contributed by atoms with Crippen LogP contribution in [0.15, 0.2) is 30.6 Å². The third-order valence-electron chi connectivity index (χ3n) is 3.45. The topological polar surface area (TPSA) is 85.3 Å². The van der Waals surface area contributed by atoms with Crippen LogP contribution in [-0.2, 0) is 20.3 Å². The van der Waals surface area contributed by atoms with Gasteiger partial charge in [0.25, 0.3) is 0 Å². The minimum absolute atomic E-state index is 0.106. The molecule has 0 N–H and O–H groups in total. The van der Waals surface area contributed by atoms with Gasteiger partial charge in [-0.1, -0.05) is 0 Å². The second kappa shape index (κ2) is 6.59. The molecule has 3 rings (SSSR count). The highest BCUT2D eigenvalue weighted by Crippen LogP contribution is 2.21. The van der Waals surface area contributed by atoms with Crippen molar-refractivity contribution in [1.82, 2.24) is 15.0 Å². The monoisotopic (exact) mass is 334 g/mol. The SMILES string of the molecule is CS(=O)(=O)Cc1cc(N2CCOCC2)nc(-c2ccncc2)n1. The molecular formula is C15H18N4O3S. The molecule has 0 saturated carbocycles. The Balaban J connectivity index is 2.02. The lowest BCUT2D eigenvalue weighted by Crippen LogP contribution is -2.37. The summed E-state index contributed by atoms with van der Waals surface area (Å²) in [5, 5.41) is 0. The molecule has 1 aliphatic heterocycles. The van der Waals surface area contributed by atoms with Crippen LogP contribution in [0.3, 0.4) is 0 Å². The number of nitrogens with zero attached hydrogens (tertiary/aromatic N) is 4. The molecule has 122 valence electrons. The average molecular weight is 334 g/mol. The number of anilines is 1. The highest BCUT2D eigenvalue weighted by Gasteiger charge is 2.17. The van der Waals surface area contributed by atoms with Crippen LogP contribution in [0.4, 0.5) is 5.82 Å². The van der Waals surface area contributed by atoms with E-state index in [1.165, 1.54) is 6.26 Å². The Bertz CT molecular complexity index is 775. The first-order chi connectivity index (χ1) is 11.0. The first-order valence-corrected chi connectivity index (χ1v) is 9.36. The van der Waals surface area contributed by atoms with Crippen LogP contribution in [-0.4, -0.2) is 55.9 Å². The summed E-state index contributed by atoms with van der Waals surface area (Å²) in [6.45, 7) is 2.72. The van der Waals surface area contributed by atoms with Gasteiger partial charge >= 0.3 is 0 Å². The molecule has 3 heterocycles. The molecule has 0 aromatic carbocycles. The summed E-state index contributed by atoms with van der Waals surface area (Å²) < 4.78 is 28.6. The van der Waals surface area contributed by atoms with E-state index >= 15 is 0 Å². The van der Waals surface area contributed by atoms with Crippen molar-refractivity contribution in [3.8, 4) is 11.4 Å². The van der Waals surface area contributed by atoms with E-state index in [1.807, 2.05) is 12.1 Å². The van der Waals surface area contributed by atoms with E-state index in [1.54, 1.807) is 18.5 Å². The summed E-state index contributed by atoms with van der Waals surface area (Å²) in [5.41, 5.74) is 1.31. The predicted molar refractivity (Wildman–Crippen MR) is 86.8 cm³/mol. The first-order valence-electron chi connectivity index (χ1n) is 7.30. The van der Waals surface area contributed by atoms with E-state index in [2.05, 4.69) is 19.9 Å². The van der Waals surface area contributed by atoms with Gasteiger partial charge in [0.1, 0.15) is 5.82 Å². The Morgan fingerprint density at radius 1 is 1.17 bits per heavy atom. The fourth-order valence-corrected chi connectivity index (χ4v) is 3.10. The van der Waals surface area contributed by atoms with E-state index in [9.17, 15) is 8.42 Å². The highest BCUT2D eigenvalue weighted by atomic mass is 32.2. The molecule has 0 radical (unpaired) electrons. The maximum absolute atomic E-state index is 11.6. The van der Waals surface area contributed by atoms with Crippen molar-refractivity contribution in [2.45, 2.75) is 5.75 Å².